The lowest BCUT2D eigenvalue weighted by Crippen LogP contribution is -2.49. The van der Waals surface area contributed by atoms with E-state index in [1.807, 2.05) is 59.2 Å². The molecule has 9 nitrogen and oxygen atoms in total. The van der Waals surface area contributed by atoms with Gasteiger partial charge >= 0.3 is 5.97 Å². The average Bonchev–Trinajstić information content (AvgIpc) is 3.33. The second-order valence-corrected chi connectivity index (χ2v) is 8.81. The molecule has 0 N–H and O–H groups in total. The number of benzene rings is 3. The molecule has 0 fully saturated rings. The first-order chi connectivity index (χ1) is 18.5. The van der Waals surface area contributed by atoms with E-state index in [1.54, 1.807) is 24.0 Å². The highest BCUT2D eigenvalue weighted by Gasteiger charge is 2.48. The van der Waals surface area contributed by atoms with Crippen molar-refractivity contribution < 1.29 is 28.5 Å². The zero-order valence-corrected chi connectivity index (χ0v) is 21.7. The lowest BCUT2D eigenvalue weighted by atomic mass is 9.88. The molecule has 2 atom stereocenters. The number of esters is 1. The van der Waals surface area contributed by atoms with E-state index in [-0.39, 0.29) is 13.2 Å². The number of para-hydroxylation sites is 2. The van der Waals surface area contributed by atoms with Gasteiger partial charge in [-0.3, -0.25) is 14.5 Å². The molecule has 0 radical (unpaired) electrons. The van der Waals surface area contributed by atoms with Crippen molar-refractivity contribution in [1.29, 1.82) is 0 Å². The average molecular weight is 516 g/mol. The third-order valence-corrected chi connectivity index (χ3v) is 6.70. The van der Waals surface area contributed by atoms with Crippen molar-refractivity contribution in [3.8, 4) is 17.2 Å². The fourth-order valence-corrected chi connectivity index (χ4v) is 5.04. The van der Waals surface area contributed by atoms with Gasteiger partial charge in [0.2, 0.25) is 17.6 Å². The molecule has 0 saturated carbocycles. The molecule has 0 saturated heterocycles. The van der Waals surface area contributed by atoms with Crippen LogP contribution < -0.4 is 19.1 Å². The van der Waals surface area contributed by atoms with E-state index >= 15 is 0 Å². The van der Waals surface area contributed by atoms with Gasteiger partial charge in [0.25, 0.3) is 0 Å². The number of methoxy groups -OCH3 is 3. The van der Waals surface area contributed by atoms with Gasteiger partial charge in [0.15, 0.2) is 17.4 Å². The molecule has 1 amide bonds. The Morgan fingerprint density at radius 2 is 1.58 bits per heavy atom. The van der Waals surface area contributed by atoms with Crippen LogP contribution in [0.3, 0.4) is 0 Å². The zero-order valence-electron chi connectivity index (χ0n) is 21.7. The third kappa shape index (κ3) is 4.19. The van der Waals surface area contributed by atoms with Crippen LogP contribution in [0.15, 0.2) is 66.7 Å². The Morgan fingerprint density at radius 1 is 0.921 bits per heavy atom. The van der Waals surface area contributed by atoms with Crippen LogP contribution in [0, 0.1) is 5.92 Å². The molecule has 0 unspecified atom stereocenters. The number of ether oxygens (including phenoxy) is 4. The Kier molecular flexibility index (Phi) is 6.91. The fourth-order valence-electron chi connectivity index (χ4n) is 5.04. The minimum atomic E-state index is -1.17. The van der Waals surface area contributed by atoms with Crippen LogP contribution >= 0.6 is 0 Å². The molecule has 2 heterocycles. The van der Waals surface area contributed by atoms with Crippen LogP contribution in [0.5, 0.6) is 17.2 Å². The Labute approximate surface area is 220 Å². The molecule has 196 valence electrons. The maximum atomic E-state index is 14.2. The Bertz CT molecular complexity index is 1460. The number of nitrogens with zero attached hydrogens (tertiary/aromatic N) is 3. The highest BCUT2D eigenvalue weighted by atomic mass is 16.5. The van der Waals surface area contributed by atoms with Crippen molar-refractivity contribution in [3.05, 3.63) is 77.9 Å². The molecule has 0 aliphatic carbocycles. The Hall–Kier alpha value is -4.53. The van der Waals surface area contributed by atoms with Crippen molar-refractivity contribution in [3.63, 3.8) is 0 Å². The number of imidazole rings is 1. The van der Waals surface area contributed by atoms with Gasteiger partial charge in [-0.1, -0.05) is 42.5 Å². The zero-order chi connectivity index (χ0) is 26.8. The summed E-state index contributed by atoms with van der Waals surface area (Å²) in [6.45, 7) is 2.11. The molecule has 9 heteroatoms. The molecule has 3 aromatic carbocycles. The van der Waals surface area contributed by atoms with Crippen molar-refractivity contribution in [2.45, 2.75) is 19.5 Å². The van der Waals surface area contributed by atoms with Gasteiger partial charge in [0.1, 0.15) is 0 Å². The Morgan fingerprint density at radius 3 is 2.21 bits per heavy atom. The van der Waals surface area contributed by atoms with Gasteiger partial charge in [0, 0.05) is 0 Å². The number of fused-ring (bicyclic) bond motifs is 3. The second-order valence-electron chi connectivity index (χ2n) is 8.81. The SMILES string of the molecule is CCOC(=O)[C@H]1C(=O)N(Cc2ccccc2)c2nc3ccccc3n2[C@H]1c1cc(OC)c(OC)c(OC)c1. The van der Waals surface area contributed by atoms with Crippen molar-refractivity contribution in [2.24, 2.45) is 5.92 Å². The normalized spacial score (nSPS) is 16.7. The summed E-state index contributed by atoms with van der Waals surface area (Å²) in [4.78, 5) is 34.1. The highest BCUT2D eigenvalue weighted by Crippen LogP contribution is 2.46. The number of anilines is 1. The first kappa shape index (κ1) is 25.1. The highest BCUT2D eigenvalue weighted by molar-refractivity contribution is 6.08. The van der Waals surface area contributed by atoms with Crippen LogP contribution in [0.25, 0.3) is 11.0 Å². The number of aromatic nitrogens is 2. The molecule has 4 aromatic rings. The number of hydrogen-bond acceptors (Lipinski definition) is 7. The number of hydrogen-bond donors (Lipinski definition) is 0. The molecule has 38 heavy (non-hydrogen) atoms. The van der Waals surface area contributed by atoms with Crippen LogP contribution in [-0.4, -0.2) is 49.4 Å². The molecule has 1 aromatic heterocycles. The maximum Gasteiger partial charge on any atom is 0.321 e. The summed E-state index contributed by atoms with van der Waals surface area (Å²) in [7, 11) is 4.57. The van der Waals surface area contributed by atoms with E-state index < -0.39 is 23.8 Å². The monoisotopic (exact) mass is 515 g/mol. The summed E-state index contributed by atoms with van der Waals surface area (Å²) < 4.78 is 24.1. The van der Waals surface area contributed by atoms with Gasteiger partial charge in [-0.25, -0.2) is 4.98 Å². The molecule has 0 spiro atoms. The standard InChI is InChI=1S/C29H29N3O6/c1-5-38-28(34)24-25(19-15-22(35-2)26(37-4)23(16-19)36-3)32-21-14-10-9-13-20(21)30-29(32)31(27(24)33)17-18-11-7-6-8-12-18/h6-16,24-25H,5,17H2,1-4H3/t24-,25+/m1/s1. The van der Waals surface area contributed by atoms with Gasteiger partial charge in [-0.05, 0) is 42.3 Å². The summed E-state index contributed by atoms with van der Waals surface area (Å²) >= 11 is 0. The predicted molar refractivity (Wildman–Crippen MR) is 142 cm³/mol. The van der Waals surface area contributed by atoms with E-state index in [4.69, 9.17) is 23.9 Å². The quantitative estimate of drug-likeness (QED) is 0.254. The van der Waals surface area contributed by atoms with E-state index in [1.165, 1.54) is 21.3 Å². The fraction of sp³-hybridized carbons (Fsp3) is 0.276. The van der Waals surface area contributed by atoms with Gasteiger partial charge < -0.3 is 23.5 Å². The van der Waals surface area contributed by atoms with Crippen LogP contribution in [0.4, 0.5) is 5.95 Å². The molecule has 1 aliphatic rings. The third-order valence-electron chi connectivity index (χ3n) is 6.70. The van der Waals surface area contributed by atoms with E-state index in [9.17, 15) is 9.59 Å². The van der Waals surface area contributed by atoms with Crippen LogP contribution in [0.1, 0.15) is 24.1 Å². The van der Waals surface area contributed by atoms with Crippen molar-refractivity contribution in [1.82, 2.24) is 9.55 Å². The lowest BCUT2D eigenvalue weighted by Gasteiger charge is -2.38. The van der Waals surface area contributed by atoms with Crippen LogP contribution in [0.2, 0.25) is 0 Å². The Balaban J connectivity index is 1.79. The van der Waals surface area contributed by atoms with E-state index in [2.05, 4.69) is 0 Å². The largest absolute Gasteiger partial charge is 0.493 e. The first-order valence-corrected chi connectivity index (χ1v) is 12.3. The molecular formula is C29H29N3O6. The number of carbonyl (C=O) groups is 2. The summed E-state index contributed by atoms with van der Waals surface area (Å²) in [5, 5.41) is 0. The lowest BCUT2D eigenvalue weighted by molar-refractivity contribution is -0.153. The smallest absolute Gasteiger partial charge is 0.321 e. The van der Waals surface area contributed by atoms with Gasteiger partial charge in [-0.15, -0.1) is 0 Å². The number of amides is 1. The molecular weight excluding hydrogens is 486 g/mol. The minimum Gasteiger partial charge on any atom is -0.493 e. The summed E-state index contributed by atoms with van der Waals surface area (Å²) in [5.41, 5.74) is 3.01. The summed E-state index contributed by atoms with van der Waals surface area (Å²) in [5.74, 6) is -0.503. The van der Waals surface area contributed by atoms with Gasteiger partial charge in [-0.2, -0.15) is 0 Å². The predicted octanol–water partition coefficient (Wildman–Crippen LogP) is 4.38. The topological polar surface area (TPSA) is 92.1 Å². The number of rotatable bonds is 8. The number of carbonyl (C=O) groups excluding carboxylic acids is 2. The minimum absolute atomic E-state index is 0.140. The van der Waals surface area contributed by atoms with E-state index in [0.29, 0.717) is 34.3 Å². The van der Waals surface area contributed by atoms with E-state index in [0.717, 1.165) is 11.1 Å². The maximum absolute atomic E-state index is 14.2. The molecule has 1 aliphatic heterocycles. The molecule has 0 bridgehead atoms. The van der Waals surface area contributed by atoms with Crippen molar-refractivity contribution >= 4 is 28.9 Å². The summed E-state index contributed by atoms with van der Waals surface area (Å²) in [6, 6.07) is 20.0. The van der Waals surface area contributed by atoms with Crippen molar-refractivity contribution in [2.75, 3.05) is 32.8 Å². The summed E-state index contributed by atoms with van der Waals surface area (Å²) in [6.07, 6.45) is 0. The molecule has 5 rings (SSSR count). The second kappa shape index (κ2) is 10.5. The first-order valence-electron chi connectivity index (χ1n) is 12.3. The van der Waals surface area contributed by atoms with Crippen LogP contribution in [-0.2, 0) is 20.9 Å². The van der Waals surface area contributed by atoms with Gasteiger partial charge in [0.05, 0.1) is 51.6 Å².